The number of carbonyl (C=O) groups excluding carboxylic acids is 1. The van der Waals surface area contributed by atoms with Gasteiger partial charge in [0, 0.05) is 23.6 Å². The normalized spacial score (nSPS) is 14.7. The van der Waals surface area contributed by atoms with Crippen molar-refractivity contribution in [2.75, 3.05) is 10.7 Å². The molecule has 5 rings (SSSR count). The minimum atomic E-state index is -4.76. The van der Waals surface area contributed by atoms with Crippen molar-refractivity contribution in [3.8, 4) is 34.7 Å². The molecular formula is C34H31F3N6O2S2. The highest BCUT2D eigenvalue weighted by Crippen LogP contribution is 2.34. The summed E-state index contributed by atoms with van der Waals surface area (Å²) < 4.78 is 42.7. The SMILES string of the molecule is Cc1ccc(C(C)C)c(N2C(=O)CS/C2=N\C(=S)NC(C)CC#Cc2cccc(-c3ncn(-c4ccc(OC(F)(F)F)cc4)n3)c2)c1. The molecule has 1 amide bonds. The van der Waals surface area contributed by atoms with E-state index in [1.54, 1.807) is 4.90 Å². The van der Waals surface area contributed by atoms with Crippen LogP contribution in [-0.2, 0) is 4.79 Å². The molecule has 242 valence electrons. The Morgan fingerprint density at radius 3 is 2.62 bits per heavy atom. The first kappa shape index (κ1) is 33.7. The van der Waals surface area contributed by atoms with Crippen molar-refractivity contribution in [1.29, 1.82) is 0 Å². The van der Waals surface area contributed by atoms with Crippen molar-refractivity contribution in [2.24, 2.45) is 4.99 Å². The molecule has 0 aliphatic carbocycles. The van der Waals surface area contributed by atoms with Crippen LogP contribution in [0, 0.1) is 18.8 Å². The highest BCUT2D eigenvalue weighted by atomic mass is 32.2. The highest BCUT2D eigenvalue weighted by Gasteiger charge is 2.32. The number of ether oxygens (including phenoxy) is 1. The fraction of sp³-hybridized carbons (Fsp3) is 0.265. The maximum absolute atomic E-state index is 12.9. The van der Waals surface area contributed by atoms with Gasteiger partial charge in [-0.25, -0.2) is 9.67 Å². The lowest BCUT2D eigenvalue weighted by Gasteiger charge is -2.22. The number of aryl methyl sites for hydroxylation is 1. The fourth-order valence-corrected chi connectivity index (χ4v) is 5.97. The van der Waals surface area contributed by atoms with Crippen LogP contribution in [0.2, 0.25) is 0 Å². The molecule has 0 bridgehead atoms. The first-order valence-corrected chi connectivity index (χ1v) is 16.1. The Balaban J connectivity index is 1.21. The van der Waals surface area contributed by atoms with E-state index < -0.39 is 6.36 Å². The number of rotatable bonds is 7. The van der Waals surface area contributed by atoms with Crippen molar-refractivity contribution in [2.45, 2.75) is 52.4 Å². The lowest BCUT2D eigenvalue weighted by Crippen LogP contribution is -2.34. The molecule has 3 aromatic carbocycles. The zero-order valence-electron chi connectivity index (χ0n) is 26.0. The van der Waals surface area contributed by atoms with Gasteiger partial charge in [-0.15, -0.1) is 18.3 Å². The average molecular weight is 677 g/mol. The summed E-state index contributed by atoms with van der Waals surface area (Å²) in [7, 11) is 0. The van der Waals surface area contributed by atoms with Gasteiger partial charge >= 0.3 is 6.36 Å². The molecular weight excluding hydrogens is 646 g/mol. The van der Waals surface area contributed by atoms with Crippen LogP contribution in [0.5, 0.6) is 5.75 Å². The number of alkyl halides is 3. The number of carbonyl (C=O) groups is 1. The van der Waals surface area contributed by atoms with Crippen LogP contribution in [0.25, 0.3) is 17.1 Å². The van der Waals surface area contributed by atoms with E-state index in [0.29, 0.717) is 28.9 Å². The van der Waals surface area contributed by atoms with E-state index in [9.17, 15) is 18.0 Å². The van der Waals surface area contributed by atoms with Crippen molar-refractivity contribution < 1.29 is 22.7 Å². The van der Waals surface area contributed by atoms with Crippen molar-refractivity contribution in [3.63, 3.8) is 0 Å². The maximum Gasteiger partial charge on any atom is 0.573 e. The Morgan fingerprint density at radius 2 is 1.89 bits per heavy atom. The van der Waals surface area contributed by atoms with Gasteiger partial charge in [-0.05, 0) is 85.6 Å². The number of hydrogen-bond donors (Lipinski definition) is 1. The van der Waals surface area contributed by atoms with Gasteiger partial charge in [0.1, 0.15) is 12.1 Å². The molecule has 1 aliphatic rings. The molecule has 4 aromatic rings. The monoisotopic (exact) mass is 676 g/mol. The van der Waals surface area contributed by atoms with E-state index in [1.807, 2.05) is 50.2 Å². The maximum atomic E-state index is 12.9. The summed E-state index contributed by atoms with van der Waals surface area (Å²) in [6.45, 7) is 8.15. The number of nitrogens with one attached hydrogen (secondary N) is 1. The quantitative estimate of drug-likeness (QED) is 0.161. The Hall–Kier alpha value is -4.67. The van der Waals surface area contributed by atoms with Gasteiger partial charge in [-0.3, -0.25) is 9.69 Å². The number of aliphatic imine (C=N–C) groups is 1. The number of amidine groups is 1. The smallest absolute Gasteiger partial charge is 0.406 e. The molecule has 1 atom stereocenters. The van der Waals surface area contributed by atoms with Gasteiger partial charge in [-0.2, -0.15) is 4.99 Å². The highest BCUT2D eigenvalue weighted by molar-refractivity contribution is 8.15. The molecule has 1 unspecified atom stereocenters. The van der Waals surface area contributed by atoms with Crippen LogP contribution in [0.4, 0.5) is 18.9 Å². The Labute approximate surface area is 280 Å². The first-order chi connectivity index (χ1) is 22.4. The van der Waals surface area contributed by atoms with E-state index >= 15 is 0 Å². The lowest BCUT2D eigenvalue weighted by atomic mass is 9.99. The zero-order chi connectivity index (χ0) is 33.7. The van der Waals surface area contributed by atoms with E-state index in [1.165, 1.54) is 47.0 Å². The number of hydrogen-bond acceptors (Lipinski definition) is 6. The molecule has 13 heteroatoms. The number of amides is 1. The van der Waals surface area contributed by atoms with Crippen molar-refractivity contribution in [3.05, 3.63) is 89.7 Å². The third kappa shape index (κ3) is 8.78. The summed E-state index contributed by atoms with van der Waals surface area (Å²) in [5.41, 5.74) is 5.00. The topological polar surface area (TPSA) is 84.6 Å². The third-order valence-corrected chi connectivity index (χ3v) is 8.10. The predicted molar refractivity (Wildman–Crippen MR) is 183 cm³/mol. The van der Waals surface area contributed by atoms with Gasteiger partial charge in [0.25, 0.3) is 0 Å². The summed E-state index contributed by atoms with van der Waals surface area (Å²) in [4.78, 5) is 23.5. The molecule has 0 saturated carbocycles. The predicted octanol–water partition coefficient (Wildman–Crippen LogP) is 7.41. The zero-order valence-corrected chi connectivity index (χ0v) is 27.6. The molecule has 1 N–H and O–H groups in total. The standard InChI is InChI=1S/C34H31F3N6O2S2/c1-21(2)28-16-11-22(3)17-29(28)43-30(44)19-47-33(43)40-32(46)39-23(4)7-5-8-24-9-6-10-25(18-24)31-38-20-42(41-31)26-12-14-27(15-13-26)45-34(35,36)37/h6,9-18,20-21,23H,7,19H2,1-4H3,(H,39,46)/b40-33-. The number of nitrogens with zero attached hydrogens (tertiary/aromatic N) is 5. The summed E-state index contributed by atoms with van der Waals surface area (Å²) in [5.74, 6) is 6.96. The van der Waals surface area contributed by atoms with E-state index in [-0.39, 0.29) is 28.7 Å². The van der Waals surface area contributed by atoms with Crippen LogP contribution in [-0.4, -0.2) is 49.1 Å². The van der Waals surface area contributed by atoms with Crippen LogP contribution < -0.4 is 15.0 Å². The van der Waals surface area contributed by atoms with Crippen LogP contribution in [0.1, 0.15) is 49.8 Å². The largest absolute Gasteiger partial charge is 0.573 e. The van der Waals surface area contributed by atoms with E-state index in [2.05, 4.69) is 56.9 Å². The molecule has 1 aliphatic heterocycles. The second kappa shape index (κ2) is 14.4. The minimum absolute atomic E-state index is 0.0271. The van der Waals surface area contributed by atoms with E-state index in [4.69, 9.17) is 12.2 Å². The average Bonchev–Trinajstić information content (AvgIpc) is 3.64. The van der Waals surface area contributed by atoms with Crippen molar-refractivity contribution >= 4 is 45.9 Å². The first-order valence-electron chi connectivity index (χ1n) is 14.7. The number of thioether (sulfide) groups is 1. The lowest BCUT2D eigenvalue weighted by molar-refractivity contribution is -0.274. The van der Waals surface area contributed by atoms with Gasteiger partial charge in [-0.1, -0.05) is 61.7 Å². The number of aromatic nitrogens is 3. The fourth-order valence-electron chi connectivity index (χ4n) is 4.76. The van der Waals surface area contributed by atoms with Gasteiger partial charge < -0.3 is 10.1 Å². The summed E-state index contributed by atoms with van der Waals surface area (Å²) in [5, 5.41) is 8.50. The Morgan fingerprint density at radius 1 is 1.13 bits per heavy atom. The second-order valence-electron chi connectivity index (χ2n) is 11.1. The van der Waals surface area contributed by atoms with E-state index in [0.717, 1.165) is 27.9 Å². The molecule has 1 aromatic heterocycles. The Bertz CT molecular complexity index is 1880. The Kier molecular flexibility index (Phi) is 10.3. The van der Waals surface area contributed by atoms with Gasteiger partial charge in [0.05, 0.1) is 17.1 Å². The molecule has 1 fully saturated rings. The molecule has 8 nitrogen and oxygen atoms in total. The van der Waals surface area contributed by atoms with Crippen LogP contribution >= 0.6 is 24.0 Å². The third-order valence-electron chi connectivity index (χ3n) is 6.97. The number of halogens is 3. The van der Waals surface area contributed by atoms with Gasteiger partial charge in [0.15, 0.2) is 16.1 Å². The summed E-state index contributed by atoms with van der Waals surface area (Å²) >= 11 is 6.90. The summed E-state index contributed by atoms with van der Waals surface area (Å²) in [6, 6.07) is 18.8. The number of anilines is 1. The molecule has 0 radical (unpaired) electrons. The molecule has 47 heavy (non-hydrogen) atoms. The van der Waals surface area contributed by atoms with Crippen LogP contribution in [0.15, 0.2) is 78.0 Å². The number of benzene rings is 3. The second-order valence-corrected chi connectivity index (χ2v) is 12.5. The van der Waals surface area contributed by atoms with Gasteiger partial charge in [0.2, 0.25) is 5.91 Å². The molecule has 1 saturated heterocycles. The molecule has 2 heterocycles. The van der Waals surface area contributed by atoms with Crippen molar-refractivity contribution in [1.82, 2.24) is 20.1 Å². The summed E-state index contributed by atoms with van der Waals surface area (Å²) in [6.07, 6.45) is -2.79. The van der Waals surface area contributed by atoms with Crippen LogP contribution in [0.3, 0.4) is 0 Å². The molecule has 0 spiro atoms. The number of thiocarbonyl (C=S) groups is 1. The minimum Gasteiger partial charge on any atom is -0.406 e.